The lowest BCUT2D eigenvalue weighted by molar-refractivity contribution is -0.148. The molecule has 2 fully saturated rings. The molecule has 3 amide bonds. The van der Waals surface area contributed by atoms with Gasteiger partial charge in [-0.25, -0.2) is 14.4 Å². The predicted octanol–water partition coefficient (Wildman–Crippen LogP) is 2.45. The van der Waals surface area contributed by atoms with Gasteiger partial charge < -0.3 is 35.1 Å². The molecular weight excluding hydrogens is 580 g/mol. The zero-order valence-electron chi connectivity index (χ0n) is 26.3. The standard InChI is InChI=1S/C33H42N4O8/c1-20(2)16-23(35-32(42)45-33(3,4)5)28(38)36-25(24-17-34-24)29(39)37-26(30(40)43-18-21-12-8-6-9-13-21)27(37)31(41)44-19-22-14-10-7-11-15-22/h6-15,20,23-27,34H,16-19H2,1-5H3,(H,35,42)(H,36,38)/t23-,24?,25?,26?,27?,37?/m0/s1. The van der Waals surface area contributed by atoms with Crippen molar-refractivity contribution in [1.82, 2.24) is 20.9 Å². The van der Waals surface area contributed by atoms with Gasteiger partial charge in [-0.05, 0) is 44.2 Å². The maximum absolute atomic E-state index is 13.9. The molecule has 2 saturated heterocycles. The molecule has 5 atom stereocenters. The summed E-state index contributed by atoms with van der Waals surface area (Å²) in [4.78, 5) is 67.3. The number of esters is 2. The van der Waals surface area contributed by atoms with Crippen LogP contribution in [0, 0.1) is 5.92 Å². The molecule has 0 aromatic heterocycles. The highest BCUT2D eigenvalue weighted by atomic mass is 16.6. The third-order valence-corrected chi connectivity index (χ3v) is 7.11. The first-order chi connectivity index (χ1) is 21.3. The summed E-state index contributed by atoms with van der Waals surface area (Å²) < 4.78 is 16.3. The fraction of sp³-hybridized carbons (Fsp3) is 0.485. The summed E-state index contributed by atoms with van der Waals surface area (Å²) >= 11 is 0. The number of amides is 3. The SMILES string of the molecule is CC(C)C[C@H](NC(=O)OC(C)(C)C)C(=O)NC(C(=O)N1C(C(=O)OCc2ccccc2)C1C(=O)OCc1ccccc1)C1CN1. The van der Waals surface area contributed by atoms with Gasteiger partial charge in [0.05, 0.1) is 0 Å². The number of carbonyl (C=O) groups excluding carboxylic acids is 5. The molecule has 2 aliphatic rings. The van der Waals surface area contributed by atoms with E-state index in [1.807, 2.05) is 26.0 Å². The van der Waals surface area contributed by atoms with Gasteiger partial charge in [0.2, 0.25) is 11.8 Å². The summed E-state index contributed by atoms with van der Waals surface area (Å²) in [5, 5.41) is 8.38. The second-order valence-electron chi connectivity index (χ2n) is 12.7. The molecule has 242 valence electrons. The maximum atomic E-state index is 13.9. The van der Waals surface area contributed by atoms with Gasteiger partial charge in [0.25, 0.3) is 0 Å². The number of alkyl carbamates (subject to hydrolysis) is 1. The van der Waals surface area contributed by atoms with E-state index in [0.29, 0.717) is 6.54 Å². The molecule has 12 nitrogen and oxygen atoms in total. The van der Waals surface area contributed by atoms with Gasteiger partial charge in [0.1, 0.15) is 30.9 Å². The zero-order chi connectivity index (χ0) is 32.7. The number of hydrogen-bond acceptors (Lipinski definition) is 9. The first kappa shape index (κ1) is 33.4. The number of ether oxygens (including phenoxy) is 3. The third-order valence-electron chi connectivity index (χ3n) is 7.11. The molecule has 3 N–H and O–H groups in total. The highest BCUT2D eigenvalue weighted by molar-refractivity contribution is 6.03. The highest BCUT2D eigenvalue weighted by Crippen LogP contribution is 2.33. The van der Waals surface area contributed by atoms with E-state index in [0.717, 1.165) is 16.0 Å². The maximum Gasteiger partial charge on any atom is 0.408 e. The highest BCUT2D eigenvalue weighted by Gasteiger charge is 2.63. The van der Waals surface area contributed by atoms with E-state index in [1.54, 1.807) is 69.3 Å². The Morgan fingerprint density at radius 1 is 0.844 bits per heavy atom. The third kappa shape index (κ3) is 9.77. The van der Waals surface area contributed by atoms with E-state index >= 15 is 0 Å². The van der Waals surface area contributed by atoms with Gasteiger partial charge in [-0.2, -0.15) is 0 Å². The minimum absolute atomic E-state index is 0.0311. The van der Waals surface area contributed by atoms with Gasteiger partial charge in [0.15, 0.2) is 12.1 Å². The minimum atomic E-state index is -1.21. The summed E-state index contributed by atoms with van der Waals surface area (Å²) in [5.41, 5.74) is 0.717. The average molecular weight is 623 g/mol. The van der Waals surface area contributed by atoms with Crippen LogP contribution in [0.2, 0.25) is 0 Å². The second-order valence-corrected chi connectivity index (χ2v) is 12.7. The molecule has 0 bridgehead atoms. The number of carbonyl (C=O) groups is 5. The van der Waals surface area contributed by atoms with Crippen molar-refractivity contribution in [3.63, 3.8) is 0 Å². The van der Waals surface area contributed by atoms with Crippen LogP contribution in [0.15, 0.2) is 60.7 Å². The van der Waals surface area contributed by atoms with E-state index in [1.165, 1.54) is 0 Å². The van der Waals surface area contributed by atoms with Crippen LogP contribution in [0.25, 0.3) is 0 Å². The molecule has 12 heteroatoms. The van der Waals surface area contributed by atoms with Crippen molar-refractivity contribution in [3.8, 4) is 0 Å². The molecule has 0 aliphatic carbocycles. The van der Waals surface area contributed by atoms with Crippen molar-refractivity contribution < 1.29 is 38.2 Å². The Hall–Kier alpha value is -4.45. The molecule has 4 rings (SSSR count). The Bertz CT molecular complexity index is 1300. The Balaban J connectivity index is 1.48. The van der Waals surface area contributed by atoms with E-state index in [-0.39, 0.29) is 25.6 Å². The molecule has 2 aliphatic heterocycles. The van der Waals surface area contributed by atoms with Crippen LogP contribution in [0.1, 0.15) is 52.2 Å². The van der Waals surface area contributed by atoms with Gasteiger partial charge in [-0.3, -0.25) is 9.59 Å². The van der Waals surface area contributed by atoms with Crippen LogP contribution >= 0.6 is 0 Å². The summed E-state index contributed by atoms with van der Waals surface area (Å²) in [6, 6.07) is 13.1. The molecule has 45 heavy (non-hydrogen) atoms. The summed E-state index contributed by atoms with van der Waals surface area (Å²) in [6.07, 6.45) is -0.472. The summed E-state index contributed by atoms with van der Waals surface area (Å²) in [6.45, 7) is 9.29. The van der Waals surface area contributed by atoms with Crippen molar-refractivity contribution in [3.05, 3.63) is 71.8 Å². The normalized spacial score (nSPS) is 20.0. The molecule has 0 spiro atoms. The summed E-state index contributed by atoms with van der Waals surface area (Å²) in [5.74, 6) is -2.71. The minimum Gasteiger partial charge on any atom is -0.459 e. The van der Waals surface area contributed by atoms with E-state index in [2.05, 4.69) is 16.0 Å². The number of nitrogens with zero attached hydrogens (tertiary/aromatic N) is 1. The van der Waals surface area contributed by atoms with Crippen LogP contribution in [0.3, 0.4) is 0 Å². The fourth-order valence-electron chi connectivity index (χ4n) is 4.82. The van der Waals surface area contributed by atoms with Gasteiger partial charge >= 0.3 is 18.0 Å². The molecule has 2 heterocycles. The smallest absolute Gasteiger partial charge is 0.408 e. The Morgan fingerprint density at radius 2 is 1.33 bits per heavy atom. The predicted molar refractivity (Wildman–Crippen MR) is 163 cm³/mol. The van der Waals surface area contributed by atoms with Crippen molar-refractivity contribution in [2.75, 3.05) is 6.54 Å². The van der Waals surface area contributed by atoms with Crippen LogP contribution in [0.5, 0.6) is 0 Å². The van der Waals surface area contributed by atoms with E-state index in [4.69, 9.17) is 14.2 Å². The van der Waals surface area contributed by atoms with Crippen LogP contribution in [0.4, 0.5) is 4.79 Å². The average Bonchev–Trinajstić information content (AvgIpc) is 3.91. The number of benzene rings is 2. The van der Waals surface area contributed by atoms with Crippen LogP contribution in [-0.4, -0.2) is 77.1 Å². The lowest BCUT2D eigenvalue weighted by Crippen LogP contribution is -2.56. The fourth-order valence-corrected chi connectivity index (χ4v) is 4.82. The topological polar surface area (TPSA) is 162 Å². The van der Waals surface area contributed by atoms with Crippen molar-refractivity contribution in [2.45, 2.75) is 90.1 Å². The first-order valence-electron chi connectivity index (χ1n) is 15.1. The first-order valence-corrected chi connectivity index (χ1v) is 15.1. The number of nitrogens with one attached hydrogen (secondary N) is 3. The van der Waals surface area contributed by atoms with E-state index in [9.17, 15) is 24.0 Å². The van der Waals surface area contributed by atoms with E-state index < -0.39 is 65.7 Å². The Labute approximate surface area is 263 Å². The Kier molecular flexibility index (Phi) is 10.8. The number of rotatable bonds is 13. The molecule has 2 aromatic rings. The molecular formula is C33H42N4O8. The van der Waals surface area contributed by atoms with Crippen molar-refractivity contribution >= 4 is 29.8 Å². The van der Waals surface area contributed by atoms with Crippen LogP contribution in [-0.2, 0) is 46.6 Å². The zero-order valence-corrected chi connectivity index (χ0v) is 26.3. The molecule has 2 aromatic carbocycles. The van der Waals surface area contributed by atoms with Crippen LogP contribution < -0.4 is 16.0 Å². The number of hydrogen-bond donors (Lipinski definition) is 3. The lowest BCUT2D eigenvalue weighted by Gasteiger charge is -2.26. The Morgan fingerprint density at radius 3 is 1.76 bits per heavy atom. The largest absolute Gasteiger partial charge is 0.459 e. The van der Waals surface area contributed by atoms with Crippen molar-refractivity contribution in [1.29, 1.82) is 0 Å². The summed E-state index contributed by atoms with van der Waals surface area (Å²) in [7, 11) is 0. The monoisotopic (exact) mass is 622 g/mol. The van der Waals surface area contributed by atoms with Crippen molar-refractivity contribution in [2.24, 2.45) is 5.92 Å². The van der Waals surface area contributed by atoms with Gasteiger partial charge in [-0.1, -0.05) is 74.5 Å². The van der Waals surface area contributed by atoms with Gasteiger partial charge in [0, 0.05) is 12.6 Å². The lowest BCUT2D eigenvalue weighted by atomic mass is 10.0. The second kappa shape index (κ2) is 14.6. The molecule has 4 unspecified atom stereocenters. The molecule has 0 radical (unpaired) electrons. The quantitative estimate of drug-likeness (QED) is 0.173. The van der Waals surface area contributed by atoms with Gasteiger partial charge in [-0.15, -0.1) is 0 Å². The molecule has 0 saturated carbocycles.